The van der Waals surface area contributed by atoms with E-state index in [1.54, 1.807) is 0 Å². The number of para-hydroxylation sites is 1. The van der Waals surface area contributed by atoms with Crippen molar-refractivity contribution in [3.8, 4) is 0 Å². The minimum Gasteiger partial charge on any atom is -0.346 e. The largest absolute Gasteiger partial charge is 0.346 e. The van der Waals surface area contributed by atoms with Crippen LogP contribution in [0, 0.1) is 0 Å². The van der Waals surface area contributed by atoms with E-state index in [0.29, 0.717) is 6.04 Å². The van der Waals surface area contributed by atoms with Crippen LogP contribution in [0.15, 0.2) is 30.3 Å². The molecule has 1 atom stereocenters. The van der Waals surface area contributed by atoms with Crippen LogP contribution in [0.1, 0.15) is 6.92 Å². The molecule has 1 unspecified atom stereocenters. The zero-order chi connectivity index (χ0) is 12.3. The van der Waals surface area contributed by atoms with Crippen molar-refractivity contribution in [3.63, 3.8) is 0 Å². The van der Waals surface area contributed by atoms with Gasteiger partial charge in [-0.3, -0.25) is 0 Å². The third kappa shape index (κ3) is 3.17. The third-order valence-corrected chi connectivity index (χ3v) is 3.63. The second-order valence-corrected chi connectivity index (χ2v) is 4.96. The van der Waals surface area contributed by atoms with Crippen LogP contribution in [0.25, 0.3) is 0 Å². The fourth-order valence-electron chi connectivity index (χ4n) is 1.96. The topological polar surface area (TPSA) is 18.5 Å². The lowest BCUT2D eigenvalue weighted by atomic mass is 10.2. The van der Waals surface area contributed by atoms with Gasteiger partial charge in [0.25, 0.3) is 0 Å². The molecular formula is C13H19N3S. The average Bonchev–Trinajstić information content (AvgIpc) is 2.34. The number of hydrogen-bond donors (Lipinski definition) is 1. The molecule has 4 heteroatoms. The maximum atomic E-state index is 5.44. The molecule has 1 aromatic rings. The van der Waals surface area contributed by atoms with Crippen LogP contribution in [-0.4, -0.2) is 47.6 Å². The number of rotatable bonds is 1. The Hall–Kier alpha value is -1.13. The maximum Gasteiger partial charge on any atom is 0.173 e. The van der Waals surface area contributed by atoms with E-state index >= 15 is 0 Å². The molecule has 1 aliphatic rings. The minimum atomic E-state index is 0.555. The lowest BCUT2D eigenvalue weighted by molar-refractivity contribution is 0.154. The highest BCUT2D eigenvalue weighted by molar-refractivity contribution is 7.80. The molecule has 1 fully saturated rings. The zero-order valence-electron chi connectivity index (χ0n) is 10.4. The number of nitrogens with zero attached hydrogens (tertiary/aromatic N) is 2. The maximum absolute atomic E-state index is 5.44. The predicted octanol–water partition coefficient (Wildman–Crippen LogP) is 2.02. The molecule has 0 radical (unpaired) electrons. The summed E-state index contributed by atoms with van der Waals surface area (Å²) in [6.45, 7) is 5.30. The molecular weight excluding hydrogens is 230 g/mol. The van der Waals surface area contributed by atoms with Crippen molar-refractivity contribution in [2.24, 2.45) is 0 Å². The first-order chi connectivity index (χ1) is 8.16. The Bertz CT molecular complexity index is 380. The molecule has 0 amide bonds. The van der Waals surface area contributed by atoms with Crippen LogP contribution >= 0.6 is 12.2 Å². The van der Waals surface area contributed by atoms with Gasteiger partial charge in [0.15, 0.2) is 5.11 Å². The van der Waals surface area contributed by atoms with Gasteiger partial charge < -0.3 is 15.1 Å². The Labute approximate surface area is 108 Å². The van der Waals surface area contributed by atoms with Crippen molar-refractivity contribution >= 4 is 23.0 Å². The van der Waals surface area contributed by atoms with Crippen LogP contribution in [0.4, 0.5) is 5.69 Å². The number of nitrogens with one attached hydrogen (secondary N) is 1. The standard InChI is InChI=1S/C13H19N3S/c1-11-10-16(9-8-15(11)2)13(17)14-12-6-4-3-5-7-12/h3-7,11H,8-10H2,1-2H3,(H,14,17). The summed E-state index contributed by atoms with van der Waals surface area (Å²) in [5.74, 6) is 0. The van der Waals surface area contributed by atoms with E-state index in [1.807, 2.05) is 30.3 Å². The van der Waals surface area contributed by atoms with E-state index in [-0.39, 0.29) is 0 Å². The molecule has 1 aromatic carbocycles. The monoisotopic (exact) mass is 249 g/mol. The highest BCUT2D eigenvalue weighted by atomic mass is 32.1. The molecule has 0 aliphatic carbocycles. The summed E-state index contributed by atoms with van der Waals surface area (Å²) in [6.07, 6.45) is 0. The highest BCUT2D eigenvalue weighted by Gasteiger charge is 2.22. The Balaban J connectivity index is 1.93. The Morgan fingerprint density at radius 1 is 1.29 bits per heavy atom. The second kappa shape index (κ2) is 5.47. The summed E-state index contributed by atoms with van der Waals surface area (Å²) in [6, 6.07) is 10.7. The Morgan fingerprint density at radius 3 is 2.65 bits per heavy atom. The van der Waals surface area contributed by atoms with Crippen LogP contribution in [-0.2, 0) is 0 Å². The van der Waals surface area contributed by atoms with Crippen LogP contribution < -0.4 is 5.32 Å². The molecule has 0 bridgehead atoms. The van der Waals surface area contributed by atoms with Crippen molar-refractivity contribution < 1.29 is 0 Å². The van der Waals surface area contributed by atoms with Gasteiger partial charge in [0, 0.05) is 31.4 Å². The normalized spacial score (nSPS) is 21.3. The van der Waals surface area contributed by atoms with Crippen LogP contribution in [0.5, 0.6) is 0 Å². The van der Waals surface area contributed by atoms with Gasteiger partial charge in [0.1, 0.15) is 0 Å². The van der Waals surface area contributed by atoms with Crippen molar-refractivity contribution in [2.45, 2.75) is 13.0 Å². The van der Waals surface area contributed by atoms with Crippen molar-refractivity contribution in [3.05, 3.63) is 30.3 Å². The molecule has 0 saturated carbocycles. The first-order valence-corrected chi connectivity index (χ1v) is 6.39. The van der Waals surface area contributed by atoms with Gasteiger partial charge in [0.05, 0.1) is 0 Å². The molecule has 0 aromatic heterocycles. The summed E-state index contributed by atoms with van der Waals surface area (Å²) < 4.78 is 0. The molecule has 0 spiro atoms. The van der Waals surface area contributed by atoms with Gasteiger partial charge in [-0.2, -0.15) is 0 Å². The predicted molar refractivity (Wildman–Crippen MR) is 76.3 cm³/mol. The fourth-order valence-corrected chi connectivity index (χ4v) is 2.24. The summed E-state index contributed by atoms with van der Waals surface area (Å²) in [7, 11) is 2.16. The average molecular weight is 249 g/mol. The number of thiocarbonyl (C=S) groups is 1. The van der Waals surface area contributed by atoms with Gasteiger partial charge in [-0.1, -0.05) is 18.2 Å². The SMILES string of the molecule is CC1CN(C(=S)Nc2ccccc2)CCN1C. The van der Waals surface area contributed by atoms with Gasteiger partial charge in [-0.15, -0.1) is 0 Å². The molecule has 1 aliphatic heterocycles. The second-order valence-electron chi connectivity index (χ2n) is 4.57. The summed E-state index contributed by atoms with van der Waals surface area (Å²) >= 11 is 5.44. The van der Waals surface area contributed by atoms with E-state index in [9.17, 15) is 0 Å². The quantitative estimate of drug-likeness (QED) is 0.767. The number of likely N-dealkylation sites (N-methyl/N-ethyl adjacent to an activating group) is 1. The summed E-state index contributed by atoms with van der Waals surface area (Å²) in [5.41, 5.74) is 1.06. The summed E-state index contributed by atoms with van der Waals surface area (Å²) in [4.78, 5) is 4.61. The van der Waals surface area contributed by atoms with Crippen LogP contribution in [0.2, 0.25) is 0 Å². The van der Waals surface area contributed by atoms with Gasteiger partial charge >= 0.3 is 0 Å². The molecule has 1 heterocycles. The molecule has 1 saturated heterocycles. The van der Waals surface area contributed by atoms with E-state index < -0.39 is 0 Å². The van der Waals surface area contributed by atoms with Crippen LogP contribution in [0.3, 0.4) is 0 Å². The van der Waals surface area contributed by atoms with Gasteiger partial charge in [0.2, 0.25) is 0 Å². The molecule has 3 nitrogen and oxygen atoms in total. The van der Waals surface area contributed by atoms with E-state index in [2.05, 4.69) is 29.1 Å². The molecule has 17 heavy (non-hydrogen) atoms. The molecule has 1 N–H and O–H groups in total. The Kier molecular flexibility index (Phi) is 3.97. The minimum absolute atomic E-state index is 0.555. The molecule has 92 valence electrons. The third-order valence-electron chi connectivity index (χ3n) is 3.27. The number of piperazine rings is 1. The lowest BCUT2D eigenvalue weighted by Crippen LogP contribution is -2.53. The fraction of sp³-hybridized carbons (Fsp3) is 0.462. The van der Waals surface area contributed by atoms with E-state index in [1.165, 1.54) is 0 Å². The smallest absolute Gasteiger partial charge is 0.173 e. The number of hydrogen-bond acceptors (Lipinski definition) is 2. The van der Waals surface area contributed by atoms with Gasteiger partial charge in [-0.05, 0) is 38.3 Å². The zero-order valence-corrected chi connectivity index (χ0v) is 11.2. The summed E-state index contributed by atoms with van der Waals surface area (Å²) in [5, 5.41) is 4.12. The van der Waals surface area contributed by atoms with Crippen molar-refractivity contribution in [1.82, 2.24) is 9.80 Å². The van der Waals surface area contributed by atoms with Crippen molar-refractivity contribution in [1.29, 1.82) is 0 Å². The van der Waals surface area contributed by atoms with E-state index in [0.717, 1.165) is 30.4 Å². The first kappa shape index (κ1) is 12.3. The number of benzene rings is 1. The first-order valence-electron chi connectivity index (χ1n) is 5.98. The Morgan fingerprint density at radius 2 is 2.00 bits per heavy atom. The van der Waals surface area contributed by atoms with Crippen molar-refractivity contribution in [2.75, 3.05) is 32.0 Å². The number of anilines is 1. The lowest BCUT2D eigenvalue weighted by Gasteiger charge is -2.39. The van der Waals surface area contributed by atoms with E-state index in [4.69, 9.17) is 12.2 Å². The molecule has 2 rings (SSSR count). The van der Waals surface area contributed by atoms with Gasteiger partial charge in [-0.25, -0.2) is 0 Å². The highest BCUT2D eigenvalue weighted by Crippen LogP contribution is 2.11.